The zero-order valence-corrected chi connectivity index (χ0v) is 11.4. The Morgan fingerprint density at radius 3 is 2.71 bits per heavy atom. The van der Waals surface area contributed by atoms with Crippen LogP contribution in [0, 0.1) is 5.92 Å². The second-order valence-corrected chi connectivity index (χ2v) is 4.92. The molecule has 0 bridgehead atoms. The summed E-state index contributed by atoms with van der Waals surface area (Å²) in [6.07, 6.45) is 3.66. The third-order valence-corrected chi connectivity index (χ3v) is 3.41. The molecule has 0 amide bonds. The molecule has 1 heterocycles. The van der Waals surface area contributed by atoms with E-state index in [-0.39, 0.29) is 6.10 Å². The lowest BCUT2D eigenvalue weighted by Crippen LogP contribution is -2.33. The van der Waals surface area contributed by atoms with Crippen molar-refractivity contribution in [2.24, 2.45) is 11.7 Å². The van der Waals surface area contributed by atoms with Gasteiger partial charge >= 0.3 is 0 Å². The predicted octanol–water partition coefficient (Wildman–Crippen LogP) is 1.10. The molecule has 0 spiro atoms. The Bertz CT molecular complexity index is 184. The van der Waals surface area contributed by atoms with Crippen LogP contribution in [0.4, 0.5) is 0 Å². The highest BCUT2D eigenvalue weighted by atomic mass is 16.5. The maximum atomic E-state index is 5.67. The number of nitrogens with two attached hydrogens (primary N) is 1. The van der Waals surface area contributed by atoms with Crippen molar-refractivity contribution in [1.82, 2.24) is 4.90 Å². The smallest absolute Gasteiger partial charge is 0.0709 e. The van der Waals surface area contributed by atoms with Gasteiger partial charge in [-0.3, -0.25) is 0 Å². The van der Waals surface area contributed by atoms with Gasteiger partial charge in [0.15, 0.2) is 0 Å². The Kier molecular flexibility index (Phi) is 7.77. The van der Waals surface area contributed by atoms with Gasteiger partial charge in [0.05, 0.1) is 6.10 Å². The predicted molar refractivity (Wildman–Crippen MR) is 70.1 cm³/mol. The zero-order chi connectivity index (χ0) is 12.5. The Morgan fingerprint density at radius 2 is 2.12 bits per heavy atom. The topological polar surface area (TPSA) is 47.7 Å². The fraction of sp³-hybridized carbons (Fsp3) is 1.00. The molecule has 1 rings (SSSR count). The third kappa shape index (κ3) is 6.36. The molecule has 4 heteroatoms. The van der Waals surface area contributed by atoms with Crippen molar-refractivity contribution in [3.63, 3.8) is 0 Å². The zero-order valence-electron chi connectivity index (χ0n) is 11.4. The lowest BCUT2D eigenvalue weighted by atomic mass is 10.00. The van der Waals surface area contributed by atoms with E-state index < -0.39 is 0 Å². The Morgan fingerprint density at radius 1 is 1.41 bits per heavy atom. The summed E-state index contributed by atoms with van der Waals surface area (Å²) in [4.78, 5) is 2.40. The number of hydrogen-bond acceptors (Lipinski definition) is 4. The molecule has 1 fully saturated rings. The van der Waals surface area contributed by atoms with Crippen LogP contribution in [0.3, 0.4) is 0 Å². The van der Waals surface area contributed by atoms with Gasteiger partial charge in [0, 0.05) is 39.5 Å². The van der Waals surface area contributed by atoms with Crippen molar-refractivity contribution < 1.29 is 9.47 Å². The summed E-state index contributed by atoms with van der Waals surface area (Å²) in [5.41, 5.74) is 5.67. The summed E-state index contributed by atoms with van der Waals surface area (Å²) in [7, 11) is 2.19. The molecule has 1 aliphatic rings. The van der Waals surface area contributed by atoms with Crippen molar-refractivity contribution in [2.45, 2.75) is 32.3 Å². The molecule has 0 aliphatic carbocycles. The highest BCUT2D eigenvalue weighted by molar-refractivity contribution is 4.69. The fourth-order valence-corrected chi connectivity index (χ4v) is 2.33. The molecule has 102 valence electrons. The maximum Gasteiger partial charge on any atom is 0.0709 e. The highest BCUT2D eigenvalue weighted by Crippen LogP contribution is 2.15. The van der Waals surface area contributed by atoms with E-state index in [4.69, 9.17) is 15.2 Å². The van der Waals surface area contributed by atoms with Crippen molar-refractivity contribution in [2.75, 3.05) is 46.5 Å². The van der Waals surface area contributed by atoms with Crippen LogP contribution < -0.4 is 5.73 Å². The van der Waals surface area contributed by atoms with E-state index in [1.807, 2.05) is 6.92 Å². The molecule has 1 saturated heterocycles. The van der Waals surface area contributed by atoms with Crippen LogP contribution in [0.15, 0.2) is 0 Å². The molecule has 1 aliphatic heterocycles. The van der Waals surface area contributed by atoms with E-state index >= 15 is 0 Å². The molecule has 1 atom stereocenters. The minimum Gasteiger partial charge on any atom is -0.381 e. The highest BCUT2D eigenvalue weighted by Gasteiger charge is 2.16. The minimum atomic E-state index is 0.220. The molecule has 0 saturated carbocycles. The molecule has 2 N–H and O–H groups in total. The monoisotopic (exact) mass is 244 g/mol. The minimum absolute atomic E-state index is 0.220. The van der Waals surface area contributed by atoms with Gasteiger partial charge in [-0.15, -0.1) is 0 Å². The molecular formula is C13H28N2O2. The van der Waals surface area contributed by atoms with Gasteiger partial charge < -0.3 is 20.1 Å². The van der Waals surface area contributed by atoms with Gasteiger partial charge in [-0.2, -0.15) is 0 Å². The van der Waals surface area contributed by atoms with Crippen LogP contribution >= 0.6 is 0 Å². The Hall–Kier alpha value is -0.160. The molecule has 1 unspecified atom stereocenters. The normalized spacial score (nSPS) is 19.8. The summed E-state index contributed by atoms with van der Waals surface area (Å²) in [6.45, 7) is 7.51. The van der Waals surface area contributed by atoms with Crippen molar-refractivity contribution >= 4 is 0 Å². The van der Waals surface area contributed by atoms with E-state index in [9.17, 15) is 0 Å². The molecule has 0 radical (unpaired) electrons. The van der Waals surface area contributed by atoms with Crippen LogP contribution in [-0.2, 0) is 9.47 Å². The first-order valence-corrected chi connectivity index (χ1v) is 6.84. The second-order valence-electron chi connectivity index (χ2n) is 4.92. The Labute approximate surface area is 105 Å². The average Bonchev–Trinajstić information content (AvgIpc) is 2.35. The second kappa shape index (κ2) is 8.86. The molecule has 4 nitrogen and oxygen atoms in total. The maximum absolute atomic E-state index is 5.67. The van der Waals surface area contributed by atoms with Crippen molar-refractivity contribution in [3.8, 4) is 0 Å². The summed E-state index contributed by atoms with van der Waals surface area (Å²) in [5, 5.41) is 0. The largest absolute Gasteiger partial charge is 0.381 e. The summed E-state index contributed by atoms with van der Waals surface area (Å²) in [6, 6.07) is 0. The van der Waals surface area contributed by atoms with Crippen molar-refractivity contribution in [3.05, 3.63) is 0 Å². The standard InChI is InChI=1S/C13H28N2O2/c1-3-17-13(10-14)4-7-15(2)11-12-5-8-16-9-6-12/h12-13H,3-11,14H2,1-2H3. The summed E-state index contributed by atoms with van der Waals surface area (Å²) >= 11 is 0. The first-order chi connectivity index (χ1) is 8.26. The first-order valence-electron chi connectivity index (χ1n) is 6.84. The summed E-state index contributed by atoms with van der Waals surface area (Å²) in [5.74, 6) is 0.803. The molecule has 0 aromatic carbocycles. The number of rotatable bonds is 8. The van der Waals surface area contributed by atoms with E-state index in [0.717, 1.165) is 38.7 Å². The van der Waals surface area contributed by atoms with E-state index in [0.29, 0.717) is 6.54 Å². The first kappa shape index (κ1) is 14.9. The van der Waals surface area contributed by atoms with Gasteiger partial charge in [-0.05, 0) is 39.2 Å². The quantitative estimate of drug-likeness (QED) is 0.694. The number of ether oxygens (including phenoxy) is 2. The molecule has 0 aromatic heterocycles. The van der Waals surface area contributed by atoms with Gasteiger partial charge in [0.25, 0.3) is 0 Å². The van der Waals surface area contributed by atoms with Gasteiger partial charge in [0.2, 0.25) is 0 Å². The van der Waals surface area contributed by atoms with Gasteiger partial charge in [0.1, 0.15) is 0 Å². The van der Waals surface area contributed by atoms with Crippen LogP contribution in [0.2, 0.25) is 0 Å². The van der Waals surface area contributed by atoms with Crippen molar-refractivity contribution in [1.29, 1.82) is 0 Å². The molecule has 0 aromatic rings. The van der Waals surface area contributed by atoms with Crippen LogP contribution in [0.1, 0.15) is 26.2 Å². The average molecular weight is 244 g/mol. The SMILES string of the molecule is CCOC(CN)CCN(C)CC1CCOCC1. The van der Waals surface area contributed by atoms with E-state index in [1.165, 1.54) is 19.4 Å². The Balaban J connectivity index is 2.12. The number of nitrogens with zero attached hydrogens (tertiary/aromatic N) is 1. The molecule has 17 heavy (non-hydrogen) atoms. The number of hydrogen-bond donors (Lipinski definition) is 1. The van der Waals surface area contributed by atoms with E-state index in [1.54, 1.807) is 0 Å². The summed E-state index contributed by atoms with van der Waals surface area (Å²) < 4.78 is 10.9. The van der Waals surface area contributed by atoms with E-state index in [2.05, 4.69) is 11.9 Å². The van der Waals surface area contributed by atoms with Crippen LogP contribution in [0.5, 0.6) is 0 Å². The lowest BCUT2D eigenvalue weighted by molar-refractivity contribution is 0.0428. The molecular weight excluding hydrogens is 216 g/mol. The third-order valence-electron chi connectivity index (χ3n) is 3.41. The fourth-order valence-electron chi connectivity index (χ4n) is 2.33. The van der Waals surface area contributed by atoms with Gasteiger partial charge in [-0.25, -0.2) is 0 Å². The lowest BCUT2D eigenvalue weighted by Gasteiger charge is -2.28. The van der Waals surface area contributed by atoms with Crippen LogP contribution in [-0.4, -0.2) is 57.5 Å². The van der Waals surface area contributed by atoms with Gasteiger partial charge in [-0.1, -0.05) is 0 Å². The van der Waals surface area contributed by atoms with Crippen LogP contribution in [0.25, 0.3) is 0 Å².